The van der Waals surface area contributed by atoms with Gasteiger partial charge in [0.05, 0.1) is 30.3 Å². The van der Waals surface area contributed by atoms with E-state index in [0.717, 1.165) is 12.0 Å². The summed E-state index contributed by atoms with van der Waals surface area (Å²) in [7, 11) is 1.57. The minimum Gasteiger partial charge on any atom is -0.462 e. The Balaban J connectivity index is 2.85. The summed E-state index contributed by atoms with van der Waals surface area (Å²) in [5.74, 6) is -2.04. The molecule has 1 rings (SSSR count). The van der Waals surface area contributed by atoms with Gasteiger partial charge in [0.1, 0.15) is 12.2 Å². The molecule has 13 atom stereocenters. The molecule has 1 fully saturated rings. The summed E-state index contributed by atoms with van der Waals surface area (Å²) in [5.41, 5.74) is 6.33. The summed E-state index contributed by atoms with van der Waals surface area (Å²) >= 11 is 0. The maximum atomic E-state index is 12.2. The second-order valence-electron chi connectivity index (χ2n) is 12.8. The van der Waals surface area contributed by atoms with Crippen LogP contribution in [0.5, 0.6) is 0 Å². The van der Waals surface area contributed by atoms with Gasteiger partial charge in [-0.3, -0.25) is 4.79 Å². The molecule has 1 aliphatic heterocycles. The largest absolute Gasteiger partial charge is 0.462 e. The number of primary amides is 1. The molecule has 0 aliphatic carbocycles. The molecule has 1 aliphatic rings. The molecular weight excluding hydrogens is 562 g/mol. The van der Waals surface area contributed by atoms with E-state index in [2.05, 4.69) is 6.58 Å². The third-order valence-corrected chi connectivity index (χ3v) is 9.02. The molecule has 9 nitrogen and oxygen atoms in total. The van der Waals surface area contributed by atoms with Crippen LogP contribution in [0.25, 0.3) is 0 Å². The lowest BCUT2D eigenvalue weighted by molar-refractivity contribution is -0.182. The number of aliphatic hydroxyl groups excluding tert-OH is 3. The topological polar surface area (TPSA) is 149 Å². The molecule has 0 aromatic heterocycles. The Morgan fingerprint density at radius 2 is 1.70 bits per heavy atom. The first-order valence-electron chi connectivity index (χ1n) is 16.0. The zero-order valence-electron chi connectivity index (χ0n) is 28.3. The average Bonchev–Trinajstić information content (AvgIpc) is 2.96. The predicted molar refractivity (Wildman–Crippen MR) is 173 cm³/mol. The minimum absolute atomic E-state index is 0.0727. The Bertz CT molecular complexity index is 993. The normalized spacial score (nSPS) is 27.5. The number of esters is 1. The molecule has 252 valence electrons. The van der Waals surface area contributed by atoms with Crippen molar-refractivity contribution in [2.75, 3.05) is 7.11 Å². The standard InChI is InChI=1S/C35H59NO8/c1-11-13-14-21(4)32(44-35(36)41)25(8)30(38)22(5)17-20(3)18-23(6)31(39)27(12-2)15-16-28(37)19-29-24(7)33(42-10)26(9)34(40)43-29/h12-16,18,21-33,37-39H,2,11,17,19H2,1,3-10H3,(H2,36,41)/b14-13-,16-15-,20-18-/t21-,22-,23-,24-,25-,26+,27-,28+,29-,30+,31+,32-,33-/m0/s1. The van der Waals surface area contributed by atoms with Gasteiger partial charge in [0.2, 0.25) is 0 Å². The summed E-state index contributed by atoms with van der Waals surface area (Å²) in [5, 5.41) is 33.0. The van der Waals surface area contributed by atoms with E-state index in [-0.39, 0.29) is 54.0 Å². The van der Waals surface area contributed by atoms with Crippen molar-refractivity contribution < 1.29 is 39.1 Å². The lowest BCUT2D eigenvalue weighted by Gasteiger charge is -2.38. The van der Waals surface area contributed by atoms with E-state index in [0.29, 0.717) is 6.42 Å². The molecule has 0 aromatic carbocycles. The number of hydrogen-bond donors (Lipinski definition) is 4. The van der Waals surface area contributed by atoms with Crippen molar-refractivity contribution in [1.82, 2.24) is 0 Å². The van der Waals surface area contributed by atoms with E-state index in [1.165, 1.54) is 0 Å². The third kappa shape index (κ3) is 11.8. The van der Waals surface area contributed by atoms with Crippen molar-refractivity contribution in [2.24, 2.45) is 47.2 Å². The number of nitrogens with two attached hydrogens (primary N) is 1. The van der Waals surface area contributed by atoms with Crippen molar-refractivity contribution in [3.8, 4) is 0 Å². The van der Waals surface area contributed by atoms with Gasteiger partial charge in [-0.2, -0.15) is 0 Å². The van der Waals surface area contributed by atoms with Crippen LogP contribution in [-0.4, -0.2) is 71.1 Å². The smallest absolute Gasteiger partial charge is 0.404 e. The summed E-state index contributed by atoms with van der Waals surface area (Å²) in [4.78, 5) is 23.8. The summed E-state index contributed by atoms with van der Waals surface area (Å²) < 4.78 is 16.5. The van der Waals surface area contributed by atoms with E-state index in [4.69, 9.17) is 19.9 Å². The van der Waals surface area contributed by atoms with Gasteiger partial charge in [0.15, 0.2) is 0 Å². The van der Waals surface area contributed by atoms with E-state index in [1.54, 1.807) is 32.3 Å². The number of cyclic esters (lactones) is 1. The third-order valence-electron chi connectivity index (χ3n) is 9.02. The molecule has 0 aromatic rings. The number of amides is 1. The van der Waals surface area contributed by atoms with Crippen molar-refractivity contribution in [3.05, 3.63) is 48.6 Å². The second-order valence-corrected chi connectivity index (χ2v) is 12.8. The Labute approximate surface area is 265 Å². The number of carbonyl (C=O) groups excluding carboxylic acids is 2. The van der Waals surface area contributed by atoms with Gasteiger partial charge in [-0.15, -0.1) is 6.58 Å². The fraction of sp³-hybridized carbons (Fsp3) is 0.714. The molecule has 9 heteroatoms. The first-order valence-corrected chi connectivity index (χ1v) is 16.0. The quantitative estimate of drug-likeness (QED) is 0.118. The SMILES string of the molecule is C=C[C@@H](/C=C\[C@@H](O)C[C@@H]1OC(=O)[C@H](C)[C@@H](OC)[C@H]1C)[C@H](O)[C@@H](C)/C=C(/C)C[C@H](C)[C@@H](O)[C@H](C)[C@@H](OC(N)=O)[C@@H](C)/C=C\CC. The first kappa shape index (κ1) is 39.6. The molecular formula is C35H59NO8. The van der Waals surface area contributed by atoms with Crippen LogP contribution in [0.1, 0.15) is 74.7 Å². The molecule has 0 spiro atoms. The lowest BCUT2D eigenvalue weighted by atomic mass is 9.81. The highest BCUT2D eigenvalue weighted by Crippen LogP contribution is 2.32. The highest BCUT2D eigenvalue weighted by molar-refractivity contribution is 5.74. The Hall–Kier alpha value is -2.46. The van der Waals surface area contributed by atoms with Crippen LogP contribution in [0.15, 0.2) is 48.6 Å². The molecule has 1 amide bonds. The average molecular weight is 622 g/mol. The van der Waals surface area contributed by atoms with Gasteiger partial charge >= 0.3 is 12.1 Å². The highest BCUT2D eigenvalue weighted by Gasteiger charge is 2.42. The molecule has 0 saturated carbocycles. The van der Waals surface area contributed by atoms with Gasteiger partial charge in [0.25, 0.3) is 0 Å². The molecule has 1 heterocycles. The van der Waals surface area contributed by atoms with Crippen LogP contribution >= 0.6 is 0 Å². The van der Waals surface area contributed by atoms with Crippen molar-refractivity contribution in [2.45, 2.75) is 111 Å². The van der Waals surface area contributed by atoms with Gasteiger partial charge in [-0.1, -0.05) is 83.6 Å². The molecule has 44 heavy (non-hydrogen) atoms. The first-order chi connectivity index (χ1) is 20.6. The fourth-order valence-corrected chi connectivity index (χ4v) is 6.35. The Morgan fingerprint density at radius 1 is 1.07 bits per heavy atom. The van der Waals surface area contributed by atoms with E-state index in [9.17, 15) is 24.9 Å². The van der Waals surface area contributed by atoms with E-state index in [1.807, 2.05) is 66.7 Å². The minimum atomic E-state index is -0.879. The molecule has 0 radical (unpaired) electrons. The number of carbonyl (C=O) groups is 2. The zero-order chi connectivity index (χ0) is 33.7. The monoisotopic (exact) mass is 621 g/mol. The summed E-state index contributed by atoms with van der Waals surface area (Å²) in [6.45, 7) is 19.2. The van der Waals surface area contributed by atoms with Crippen LogP contribution in [0, 0.1) is 41.4 Å². The van der Waals surface area contributed by atoms with Crippen LogP contribution in [0.2, 0.25) is 0 Å². The van der Waals surface area contributed by atoms with Crippen LogP contribution < -0.4 is 5.73 Å². The van der Waals surface area contributed by atoms with Gasteiger partial charge in [-0.05, 0) is 32.6 Å². The van der Waals surface area contributed by atoms with Crippen LogP contribution in [-0.2, 0) is 19.0 Å². The lowest BCUT2D eigenvalue weighted by Crippen LogP contribution is -2.48. The van der Waals surface area contributed by atoms with Gasteiger partial charge in [-0.25, -0.2) is 4.79 Å². The number of methoxy groups -OCH3 is 1. The maximum absolute atomic E-state index is 12.2. The number of allylic oxidation sites excluding steroid dienone is 2. The van der Waals surface area contributed by atoms with Crippen LogP contribution in [0.3, 0.4) is 0 Å². The summed E-state index contributed by atoms with van der Waals surface area (Å²) in [6, 6.07) is 0. The number of ether oxygens (including phenoxy) is 3. The van der Waals surface area contributed by atoms with Crippen LogP contribution in [0.4, 0.5) is 4.79 Å². The van der Waals surface area contributed by atoms with E-state index < -0.39 is 42.5 Å². The fourth-order valence-electron chi connectivity index (χ4n) is 6.35. The second kappa shape index (κ2) is 19.1. The van der Waals surface area contributed by atoms with Crippen molar-refractivity contribution in [3.63, 3.8) is 0 Å². The van der Waals surface area contributed by atoms with Gasteiger partial charge in [0, 0.05) is 43.1 Å². The van der Waals surface area contributed by atoms with Crippen molar-refractivity contribution >= 4 is 12.1 Å². The molecule has 0 bridgehead atoms. The number of rotatable bonds is 18. The number of hydrogen-bond acceptors (Lipinski definition) is 8. The van der Waals surface area contributed by atoms with E-state index >= 15 is 0 Å². The Morgan fingerprint density at radius 3 is 2.25 bits per heavy atom. The zero-order valence-corrected chi connectivity index (χ0v) is 28.3. The highest BCUT2D eigenvalue weighted by atomic mass is 16.6. The van der Waals surface area contributed by atoms with Crippen molar-refractivity contribution in [1.29, 1.82) is 0 Å². The maximum Gasteiger partial charge on any atom is 0.404 e. The summed E-state index contributed by atoms with van der Waals surface area (Å²) in [6.07, 6.45) is 7.99. The number of aliphatic hydroxyl groups is 3. The molecule has 0 unspecified atom stereocenters. The molecule has 1 saturated heterocycles. The Kier molecular flexibility index (Phi) is 17.2. The predicted octanol–water partition coefficient (Wildman–Crippen LogP) is 5.34. The van der Waals surface area contributed by atoms with Gasteiger partial charge < -0.3 is 35.3 Å². The molecule has 5 N–H and O–H groups in total.